The highest BCUT2D eigenvalue weighted by molar-refractivity contribution is 7.13. The molecule has 1 aliphatic carbocycles. The molecule has 2 aromatic rings. The standard InChI is InChI=1S/C53H78F4N6O17S/c1-2-9-63(10-4-8-59-53(70)79-37-5-3-6-37)51(68)36-28-44-42(60-45(58)29-36)30-38(81-44)32-61-11-13-62(14-12-61)46(67)7-16-71-23-26-77-47(34-66)78-27-24-74-20-21-75-35-43(76-25-22-73-19-18-72-17-15-64)39(33-65)52(69)80-50-48(56)40(54)31-41(55)49(50)57/h28,30-31,37,39,43,47,64-66H,2-27,29,32-35H2,1H3,(H2,58,60)(H,59,70). The summed E-state index contributed by atoms with van der Waals surface area (Å²) in [5, 5.41) is 31.3. The maximum absolute atomic E-state index is 14.2. The molecule has 2 fully saturated rings. The largest absolute Gasteiger partial charge is 0.446 e. The molecule has 3 heterocycles. The molecule has 81 heavy (non-hydrogen) atoms. The number of nitrogens with zero attached hydrogens (tertiary/aromatic N) is 4. The van der Waals surface area contributed by atoms with Gasteiger partial charge in [-0.3, -0.25) is 19.3 Å². The van der Waals surface area contributed by atoms with E-state index in [1.54, 1.807) is 16.2 Å². The number of amides is 3. The number of hydrogen-bond acceptors (Lipinski definition) is 21. The Hall–Kier alpha value is -4.95. The van der Waals surface area contributed by atoms with E-state index in [4.69, 9.17) is 53.5 Å². The fourth-order valence-corrected chi connectivity index (χ4v) is 9.42. The van der Waals surface area contributed by atoms with Crippen LogP contribution < -0.4 is 15.8 Å². The molecule has 0 radical (unpaired) electrons. The number of nitrogens with two attached hydrogens (primary N) is 1. The number of halogens is 4. The summed E-state index contributed by atoms with van der Waals surface area (Å²) >= 11 is 1.56. The Balaban J connectivity index is 0.928. The molecule has 3 unspecified atom stereocenters. The van der Waals surface area contributed by atoms with E-state index in [0.717, 1.165) is 41.1 Å². The van der Waals surface area contributed by atoms with Crippen molar-refractivity contribution in [2.45, 2.75) is 76.9 Å². The number of carbonyl (C=O) groups is 4. The zero-order valence-corrected chi connectivity index (χ0v) is 46.6. The van der Waals surface area contributed by atoms with E-state index in [2.05, 4.69) is 19.9 Å². The van der Waals surface area contributed by atoms with Crippen LogP contribution >= 0.6 is 11.3 Å². The third-order valence-electron chi connectivity index (χ3n) is 12.8. The van der Waals surface area contributed by atoms with Crippen molar-refractivity contribution in [3.05, 3.63) is 50.7 Å². The highest BCUT2D eigenvalue weighted by Gasteiger charge is 2.34. The van der Waals surface area contributed by atoms with Crippen LogP contribution in [0.15, 0.2) is 22.7 Å². The summed E-state index contributed by atoms with van der Waals surface area (Å²) in [5.74, 6) is -12.0. The number of aliphatic imine (C=N–C) groups is 1. The number of piperazine rings is 1. The van der Waals surface area contributed by atoms with E-state index in [9.17, 15) is 47.0 Å². The molecule has 1 saturated carbocycles. The second kappa shape index (κ2) is 37.3. The minimum absolute atomic E-state index is 0.00293. The van der Waals surface area contributed by atoms with Gasteiger partial charge in [0.1, 0.15) is 17.9 Å². The number of alkyl carbamates (subject to hydrolysis) is 1. The van der Waals surface area contributed by atoms with Crippen molar-refractivity contribution >= 4 is 52.8 Å². The number of rotatable bonds is 40. The van der Waals surface area contributed by atoms with Crippen molar-refractivity contribution < 1.29 is 99.4 Å². The van der Waals surface area contributed by atoms with Gasteiger partial charge in [0.25, 0.3) is 0 Å². The normalized spacial score (nSPS) is 15.9. The van der Waals surface area contributed by atoms with Crippen LogP contribution in [0.1, 0.15) is 61.6 Å². The van der Waals surface area contributed by atoms with Crippen LogP contribution in [0.3, 0.4) is 0 Å². The molecule has 23 nitrogen and oxygen atoms in total. The summed E-state index contributed by atoms with van der Waals surface area (Å²) in [5.41, 5.74) is 7.62. The SMILES string of the molecule is CCCN(CCCNC(=O)OC1CCC1)C(=O)C1=Cc2sc(CN3CCN(C(=O)CCOCCOC(CO)OCCOCCOCC(OCCOCCOCCO)C(CO)C(=O)Oc4c(F)c(F)cc(F)c4F)CC3)cc2N=C(N)C1. The molecule has 3 aliphatic rings. The lowest BCUT2D eigenvalue weighted by molar-refractivity contribution is -0.176. The van der Waals surface area contributed by atoms with Crippen molar-refractivity contribution in [3.63, 3.8) is 0 Å². The van der Waals surface area contributed by atoms with Gasteiger partial charge in [-0.25, -0.2) is 18.6 Å². The molecule has 6 N–H and O–H groups in total. The molecular weight excluding hydrogens is 1100 g/mol. The number of hydrogen-bond donors (Lipinski definition) is 5. The number of carbonyl (C=O) groups excluding carboxylic acids is 4. The third-order valence-corrected chi connectivity index (χ3v) is 13.9. The van der Waals surface area contributed by atoms with Crippen molar-refractivity contribution in [2.75, 3.05) is 152 Å². The first-order chi connectivity index (χ1) is 39.2. The zero-order valence-electron chi connectivity index (χ0n) is 45.8. The quantitative estimate of drug-likeness (QED) is 0.0160. The van der Waals surface area contributed by atoms with E-state index in [0.29, 0.717) is 70.2 Å². The maximum Gasteiger partial charge on any atom is 0.407 e. The summed E-state index contributed by atoms with van der Waals surface area (Å²) in [6.07, 6.45) is 3.84. The predicted octanol–water partition coefficient (Wildman–Crippen LogP) is 3.05. The second-order valence-electron chi connectivity index (χ2n) is 18.9. The van der Waals surface area contributed by atoms with Gasteiger partial charge in [0.2, 0.25) is 29.2 Å². The summed E-state index contributed by atoms with van der Waals surface area (Å²) in [4.78, 5) is 64.2. The van der Waals surface area contributed by atoms with Gasteiger partial charge in [0.05, 0.1) is 129 Å². The first-order valence-electron chi connectivity index (χ1n) is 27.3. The fraction of sp³-hybridized carbons (Fsp3) is 0.679. The molecule has 28 heteroatoms. The Morgan fingerprint density at radius 2 is 1.43 bits per heavy atom. The minimum Gasteiger partial charge on any atom is -0.446 e. The van der Waals surface area contributed by atoms with Crippen molar-refractivity contribution in [1.82, 2.24) is 20.0 Å². The molecule has 1 aromatic heterocycles. The molecular formula is C53H78F4N6O17S. The van der Waals surface area contributed by atoms with Crippen LogP contribution in [0.25, 0.3) is 6.08 Å². The highest BCUT2D eigenvalue weighted by Crippen LogP contribution is 2.36. The van der Waals surface area contributed by atoms with Gasteiger partial charge in [-0.05, 0) is 44.2 Å². The van der Waals surface area contributed by atoms with Crippen LogP contribution in [-0.2, 0) is 63.6 Å². The first kappa shape index (κ1) is 66.8. The first-order valence-corrected chi connectivity index (χ1v) is 28.1. The number of benzene rings is 1. The van der Waals surface area contributed by atoms with Crippen molar-refractivity contribution in [1.29, 1.82) is 0 Å². The predicted molar refractivity (Wildman–Crippen MR) is 284 cm³/mol. The zero-order chi connectivity index (χ0) is 58.4. The molecule has 1 aromatic carbocycles. The number of aliphatic hydroxyl groups is 3. The average Bonchev–Trinajstić information content (AvgIpc) is 3.74. The molecule has 0 spiro atoms. The minimum atomic E-state index is -1.95. The average molecular weight is 1180 g/mol. The number of nitrogens with one attached hydrogen (secondary N) is 1. The Labute approximate surface area is 472 Å². The number of aliphatic hydroxyl groups excluding tert-OH is 3. The lowest BCUT2D eigenvalue weighted by Gasteiger charge is -2.34. The molecule has 3 amide bonds. The van der Waals surface area contributed by atoms with Crippen LogP contribution in [-0.4, -0.2) is 230 Å². The van der Waals surface area contributed by atoms with Gasteiger partial charge in [-0.2, -0.15) is 8.78 Å². The maximum atomic E-state index is 14.2. The van der Waals surface area contributed by atoms with Gasteiger partial charge in [-0.15, -0.1) is 11.3 Å². The van der Waals surface area contributed by atoms with Crippen LogP contribution in [0.4, 0.5) is 28.0 Å². The summed E-state index contributed by atoms with van der Waals surface area (Å²) < 4.78 is 110. The molecule has 456 valence electrons. The number of esters is 1. The van der Waals surface area contributed by atoms with Gasteiger partial charge in [0.15, 0.2) is 17.9 Å². The molecule has 0 bridgehead atoms. The van der Waals surface area contributed by atoms with E-state index >= 15 is 0 Å². The van der Waals surface area contributed by atoms with Crippen molar-refractivity contribution in [2.24, 2.45) is 16.6 Å². The van der Waals surface area contributed by atoms with E-state index in [-0.39, 0.29) is 129 Å². The Morgan fingerprint density at radius 1 is 0.802 bits per heavy atom. The van der Waals surface area contributed by atoms with Gasteiger partial charge < -0.3 is 83.5 Å². The van der Waals surface area contributed by atoms with E-state index in [1.807, 2.05) is 24.0 Å². The summed E-state index contributed by atoms with van der Waals surface area (Å²) in [6, 6.07) is 1.95. The van der Waals surface area contributed by atoms with Crippen LogP contribution in [0, 0.1) is 29.2 Å². The van der Waals surface area contributed by atoms with E-state index < -0.39 is 72.6 Å². The fourth-order valence-electron chi connectivity index (χ4n) is 8.31. The van der Waals surface area contributed by atoms with Crippen LogP contribution in [0.5, 0.6) is 5.75 Å². The molecule has 1 saturated heterocycles. The monoisotopic (exact) mass is 1180 g/mol. The van der Waals surface area contributed by atoms with Gasteiger partial charge in [-0.1, -0.05) is 6.92 Å². The Bertz CT molecular complexity index is 2280. The Morgan fingerprint density at radius 3 is 2.05 bits per heavy atom. The third kappa shape index (κ3) is 23.3. The van der Waals surface area contributed by atoms with Gasteiger partial charge in [0, 0.05) is 75.3 Å². The second-order valence-corrected chi connectivity index (χ2v) is 20.0. The molecule has 3 atom stereocenters. The lowest BCUT2D eigenvalue weighted by atomic mass is 9.96. The number of fused-ring (bicyclic) bond motifs is 1. The van der Waals surface area contributed by atoms with Crippen molar-refractivity contribution in [3.8, 4) is 5.75 Å². The van der Waals surface area contributed by atoms with E-state index in [1.165, 1.54) is 0 Å². The smallest absolute Gasteiger partial charge is 0.407 e. The summed E-state index contributed by atoms with van der Waals surface area (Å²) in [6.45, 7) is 5.17. The lowest BCUT2D eigenvalue weighted by Crippen LogP contribution is -2.48. The highest BCUT2D eigenvalue weighted by atomic mass is 32.1. The number of amidine groups is 1. The molecule has 5 rings (SSSR count). The number of thiophene rings is 1. The Kier molecular flexibility index (Phi) is 30.8. The molecule has 2 aliphatic heterocycles. The van der Waals surface area contributed by atoms with Crippen LogP contribution in [0.2, 0.25) is 0 Å². The number of ether oxygens (including phenoxy) is 10. The topological polar surface area (TPSA) is 281 Å². The summed E-state index contributed by atoms with van der Waals surface area (Å²) in [7, 11) is 0. The van der Waals surface area contributed by atoms with Gasteiger partial charge >= 0.3 is 12.1 Å².